The van der Waals surface area contributed by atoms with Gasteiger partial charge in [0.1, 0.15) is 12.2 Å². The van der Waals surface area contributed by atoms with Crippen molar-refractivity contribution in [1.82, 2.24) is 19.5 Å². The molecule has 0 aliphatic heterocycles. The molecule has 1 aromatic carbocycles. The molecule has 0 aliphatic carbocycles. The van der Waals surface area contributed by atoms with E-state index < -0.39 is 5.92 Å². The molecule has 0 bridgehead atoms. The lowest BCUT2D eigenvalue weighted by molar-refractivity contribution is 0.0974. The van der Waals surface area contributed by atoms with Crippen molar-refractivity contribution in [3.63, 3.8) is 0 Å². The van der Waals surface area contributed by atoms with Gasteiger partial charge in [0.25, 0.3) is 0 Å². The van der Waals surface area contributed by atoms with E-state index in [0.717, 1.165) is 11.0 Å². The molecule has 0 aliphatic rings. The molecule has 1 unspecified atom stereocenters. The van der Waals surface area contributed by atoms with Gasteiger partial charge in [-0.1, -0.05) is 12.1 Å². The number of rotatable bonds is 3. The lowest BCUT2D eigenvalue weighted by atomic mass is 10.0. The summed E-state index contributed by atoms with van der Waals surface area (Å²) < 4.78 is 1.77. The minimum Gasteiger partial charge on any atom is -0.330 e. The number of para-hydroxylation sites is 2. The molecule has 6 nitrogen and oxygen atoms in total. The zero-order chi connectivity index (χ0) is 14.8. The van der Waals surface area contributed by atoms with Gasteiger partial charge in [0.15, 0.2) is 11.7 Å². The molecule has 0 amide bonds. The lowest BCUT2D eigenvalue weighted by Gasteiger charge is -2.08. The summed E-state index contributed by atoms with van der Waals surface area (Å²) in [5.41, 5.74) is 1.94. The number of hydrogen-bond donors (Lipinski definition) is 0. The number of imidazole rings is 1. The first-order valence-electron chi connectivity index (χ1n) is 6.32. The smallest absolute Gasteiger partial charge is 0.190 e. The summed E-state index contributed by atoms with van der Waals surface area (Å²) >= 11 is 0. The summed E-state index contributed by atoms with van der Waals surface area (Å²) in [5, 5.41) is 9.40. The fraction of sp³-hybridized carbons (Fsp3) is 0.133. The molecular formula is C15H11N5O. The third-order valence-electron chi connectivity index (χ3n) is 3.32. The summed E-state index contributed by atoms with van der Waals surface area (Å²) in [4.78, 5) is 24.5. The van der Waals surface area contributed by atoms with E-state index in [0.29, 0.717) is 11.4 Å². The SMILES string of the molecule is Cn1c(C(C#N)C(=O)c2cncnc2)nc2ccccc21. The Morgan fingerprint density at radius 3 is 2.67 bits per heavy atom. The summed E-state index contributed by atoms with van der Waals surface area (Å²) in [7, 11) is 1.80. The van der Waals surface area contributed by atoms with Gasteiger partial charge >= 0.3 is 0 Å². The molecule has 0 radical (unpaired) electrons. The van der Waals surface area contributed by atoms with Crippen molar-refractivity contribution in [1.29, 1.82) is 5.26 Å². The highest BCUT2D eigenvalue weighted by molar-refractivity contribution is 6.02. The second-order valence-corrected chi connectivity index (χ2v) is 4.57. The maximum Gasteiger partial charge on any atom is 0.190 e. The first-order valence-corrected chi connectivity index (χ1v) is 6.32. The normalized spacial score (nSPS) is 12.0. The predicted octanol–water partition coefficient (Wildman–Crippen LogP) is 1.85. The van der Waals surface area contributed by atoms with Crippen molar-refractivity contribution in [3.05, 3.63) is 54.4 Å². The van der Waals surface area contributed by atoms with Crippen LogP contribution in [0.3, 0.4) is 0 Å². The Bertz CT molecular complexity index is 847. The van der Waals surface area contributed by atoms with Crippen LogP contribution in [0.2, 0.25) is 0 Å². The van der Waals surface area contributed by atoms with Gasteiger partial charge in [-0.2, -0.15) is 5.26 Å². The van der Waals surface area contributed by atoms with Crippen molar-refractivity contribution in [2.24, 2.45) is 7.05 Å². The molecule has 3 aromatic rings. The fourth-order valence-corrected chi connectivity index (χ4v) is 2.25. The van der Waals surface area contributed by atoms with E-state index >= 15 is 0 Å². The molecule has 0 spiro atoms. The molecule has 0 saturated heterocycles. The Labute approximate surface area is 120 Å². The van der Waals surface area contributed by atoms with Gasteiger partial charge in [0, 0.05) is 19.4 Å². The number of nitrogens with zero attached hydrogens (tertiary/aromatic N) is 5. The quantitative estimate of drug-likeness (QED) is 0.682. The third-order valence-corrected chi connectivity index (χ3v) is 3.32. The number of aromatic nitrogens is 4. The first kappa shape index (κ1) is 12.9. The molecule has 6 heteroatoms. The molecule has 3 rings (SSSR count). The summed E-state index contributed by atoms with van der Waals surface area (Å²) in [5.74, 6) is -0.905. The number of benzene rings is 1. The van der Waals surface area contributed by atoms with E-state index in [9.17, 15) is 10.1 Å². The van der Waals surface area contributed by atoms with E-state index in [1.54, 1.807) is 11.6 Å². The van der Waals surface area contributed by atoms with Crippen molar-refractivity contribution >= 4 is 16.8 Å². The van der Waals surface area contributed by atoms with Crippen LogP contribution in [-0.4, -0.2) is 25.3 Å². The highest BCUT2D eigenvalue weighted by Gasteiger charge is 2.27. The number of fused-ring (bicyclic) bond motifs is 1. The van der Waals surface area contributed by atoms with Crippen LogP contribution in [-0.2, 0) is 7.05 Å². The van der Waals surface area contributed by atoms with Crippen LogP contribution >= 0.6 is 0 Å². The maximum atomic E-state index is 12.4. The number of aryl methyl sites for hydroxylation is 1. The van der Waals surface area contributed by atoms with Gasteiger partial charge in [0.2, 0.25) is 0 Å². The van der Waals surface area contributed by atoms with Gasteiger partial charge in [-0.15, -0.1) is 0 Å². The van der Waals surface area contributed by atoms with Gasteiger partial charge in [0.05, 0.1) is 22.7 Å². The monoisotopic (exact) mass is 277 g/mol. The van der Waals surface area contributed by atoms with Crippen LogP contribution in [0, 0.1) is 11.3 Å². The Kier molecular flexibility index (Phi) is 3.16. The van der Waals surface area contributed by atoms with Crippen molar-refractivity contribution in [2.75, 3.05) is 0 Å². The summed E-state index contributed by atoms with van der Waals surface area (Å²) in [6.45, 7) is 0. The Balaban J connectivity index is 2.09. The Morgan fingerprint density at radius 1 is 1.29 bits per heavy atom. The standard InChI is InChI=1S/C15H11N5O/c1-20-13-5-3-2-4-12(13)19-15(20)11(6-16)14(21)10-7-17-9-18-8-10/h2-5,7-9,11H,1H3. The zero-order valence-corrected chi connectivity index (χ0v) is 11.3. The first-order chi connectivity index (χ1) is 10.2. The van der Waals surface area contributed by atoms with E-state index in [4.69, 9.17) is 0 Å². The van der Waals surface area contributed by atoms with Gasteiger partial charge in [-0.05, 0) is 12.1 Å². The van der Waals surface area contributed by atoms with Crippen LogP contribution in [0.1, 0.15) is 22.1 Å². The Morgan fingerprint density at radius 2 is 2.00 bits per heavy atom. The summed E-state index contributed by atoms with van der Waals surface area (Å²) in [6.07, 6.45) is 4.15. The number of nitriles is 1. The largest absolute Gasteiger partial charge is 0.330 e. The molecule has 0 saturated carbocycles. The minimum absolute atomic E-state index is 0.302. The highest BCUT2D eigenvalue weighted by Crippen LogP contribution is 2.23. The van der Waals surface area contributed by atoms with E-state index in [1.807, 2.05) is 30.3 Å². The van der Waals surface area contributed by atoms with Crippen LogP contribution in [0.15, 0.2) is 43.0 Å². The van der Waals surface area contributed by atoms with E-state index in [1.165, 1.54) is 18.7 Å². The van der Waals surface area contributed by atoms with Gasteiger partial charge < -0.3 is 4.57 Å². The van der Waals surface area contributed by atoms with E-state index in [2.05, 4.69) is 15.0 Å². The molecule has 1 atom stereocenters. The number of ketones is 1. The van der Waals surface area contributed by atoms with Crippen LogP contribution < -0.4 is 0 Å². The van der Waals surface area contributed by atoms with Crippen LogP contribution in [0.25, 0.3) is 11.0 Å². The topological polar surface area (TPSA) is 84.5 Å². The second-order valence-electron chi connectivity index (χ2n) is 4.57. The number of hydrogen-bond acceptors (Lipinski definition) is 5. The number of carbonyl (C=O) groups is 1. The third kappa shape index (κ3) is 2.15. The van der Waals surface area contributed by atoms with E-state index in [-0.39, 0.29) is 5.78 Å². The average Bonchev–Trinajstić information content (AvgIpc) is 2.86. The number of Topliss-reactive ketones (excluding diaryl/α,β-unsaturated/α-hetero) is 1. The van der Waals surface area contributed by atoms with Gasteiger partial charge in [-0.25, -0.2) is 15.0 Å². The minimum atomic E-state index is -0.978. The fourth-order valence-electron chi connectivity index (χ4n) is 2.25. The molecule has 21 heavy (non-hydrogen) atoms. The zero-order valence-electron chi connectivity index (χ0n) is 11.3. The predicted molar refractivity (Wildman–Crippen MR) is 75.4 cm³/mol. The maximum absolute atomic E-state index is 12.4. The second kappa shape index (κ2) is 5.13. The van der Waals surface area contributed by atoms with Gasteiger partial charge in [-0.3, -0.25) is 4.79 Å². The van der Waals surface area contributed by atoms with Crippen molar-refractivity contribution < 1.29 is 4.79 Å². The molecule has 0 fully saturated rings. The highest BCUT2D eigenvalue weighted by atomic mass is 16.1. The summed E-state index contributed by atoms with van der Waals surface area (Å²) in [6, 6.07) is 9.54. The molecule has 2 aromatic heterocycles. The molecule has 0 N–H and O–H groups in total. The van der Waals surface area contributed by atoms with Crippen molar-refractivity contribution in [3.8, 4) is 6.07 Å². The molecule has 102 valence electrons. The molecule has 2 heterocycles. The molecular weight excluding hydrogens is 266 g/mol. The Hall–Kier alpha value is -3.07. The van der Waals surface area contributed by atoms with Crippen LogP contribution in [0.4, 0.5) is 0 Å². The average molecular weight is 277 g/mol. The van der Waals surface area contributed by atoms with Crippen molar-refractivity contribution in [2.45, 2.75) is 5.92 Å². The lowest BCUT2D eigenvalue weighted by Crippen LogP contribution is -2.16. The van der Waals surface area contributed by atoms with Crippen LogP contribution in [0.5, 0.6) is 0 Å². The number of carbonyl (C=O) groups excluding carboxylic acids is 1.